The van der Waals surface area contributed by atoms with Crippen molar-refractivity contribution in [2.45, 2.75) is 117 Å². The Labute approximate surface area is 203 Å². The summed E-state index contributed by atoms with van der Waals surface area (Å²) in [5.41, 5.74) is 3.04. The van der Waals surface area contributed by atoms with Gasteiger partial charge in [0.25, 0.3) is 0 Å². The molecular formula is C30H46I-. The van der Waals surface area contributed by atoms with E-state index in [9.17, 15) is 0 Å². The molecule has 31 heavy (non-hydrogen) atoms. The average Bonchev–Trinajstić information content (AvgIpc) is 2.80. The summed E-state index contributed by atoms with van der Waals surface area (Å²) in [7, 11) is 0. The minimum atomic E-state index is -0.0486. The van der Waals surface area contributed by atoms with Crippen LogP contribution in [0.25, 0.3) is 0 Å². The average molecular weight is 534 g/mol. The first-order valence-electron chi connectivity index (χ1n) is 13.1. The fourth-order valence-corrected chi connectivity index (χ4v) is 6.28. The van der Waals surface area contributed by atoms with Gasteiger partial charge < -0.3 is 0 Å². The number of aryl methyl sites for hydroxylation is 2. The summed E-state index contributed by atoms with van der Waals surface area (Å²) in [6.45, 7) is 4.58. The molecule has 0 radical (unpaired) electrons. The first-order chi connectivity index (χ1) is 15.3. The van der Waals surface area contributed by atoms with Crippen LogP contribution < -0.4 is 21.2 Å². The third-order valence-corrected chi connectivity index (χ3v) is 8.87. The molecule has 0 spiro atoms. The van der Waals surface area contributed by atoms with Gasteiger partial charge >= 0.3 is 191 Å². The Bertz CT molecular complexity index is 596. The van der Waals surface area contributed by atoms with E-state index in [0.29, 0.717) is 0 Å². The van der Waals surface area contributed by atoms with Gasteiger partial charge in [-0.25, -0.2) is 0 Å². The van der Waals surface area contributed by atoms with Crippen LogP contribution in [-0.2, 0) is 12.8 Å². The van der Waals surface area contributed by atoms with Gasteiger partial charge in [-0.05, 0) is 0 Å². The zero-order valence-electron chi connectivity index (χ0n) is 20.3. The first-order valence-corrected chi connectivity index (χ1v) is 15.3. The maximum absolute atomic E-state index is 2.39. The van der Waals surface area contributed by atoms with Crippen LogP contribution in [0.15, 0.2) is 48.5 Å². The van der Waals surface area contributed by atoms with Crippen LogP contribution >= 0.6 is 0 Å². The number of hydrogen-bond donors (Lipinski definition) is 0. The molecule has 0 nitrogen and oxygen atoms in total. The molecule has 0 aliphatic heterocycles. The first kappa shape index (κ1) is 26.4. The normalized spacial score (nSPS) is 11.3. The van der Waals surface area contributed by atoms with E-state index in [1.165, 1.54) is 114 Å². The monoisotopic (exact) mass is 533 g/mol. The van der Waals surface area contributed by atoms with Crippen LogP contribution in [0.4, 0.5) is 0 Å². The van der Waals surface area contributed by atoms with Crippen LogP contribution in [0.5, 0.6) is 0 Å². The molecule has 0 bridgehead atoms. The van der Waals surface area contributed by atoms with Gasteiger partial charge in [-0.1, -0.05) is 13.8 Å². The fraction of sp³-hybridized carbons (Fsp3) is 0.600. The third-order valence-electron chi connectivity index (χ3n) is 6.18. The molecule has 0 saturated heterocycles. The number of rotatable bonds is 18. The van der Waals surface area contributed by atoms with E-state index in [4.69, 9.17) is 0 Å². The number of hydrogen-bond acceptors (Lipinski definition) is 0. The Kier molecular flexibility index (Phi) is 15.1. The molecule has 0 fully saturated rings. The van der Waals surface area contributed by atoms with Crippen molar-refractivity contribution in [2.24, 2.45) is 0 Å². The van der Waals surface area contributed by atoms with Crippen molar-refractivity contribution in [3.63, 3.8) is 0 Å². The van der Waals surface area contributed by atoms with Crippen molar-refractivity contribution in [1.82, 2.24) is 0 Å². The summed E-state index contributed by atoms with van der Waals surface area (Å²) in [6, 6.07) is 19.0. The van der Waals surface area contributed by atoms with E-state index in [1.54, 1.807) is 7.14 Å². The third kappa shape index (κ3) is 12.7. The minimum absolute atomic E-state index is 0.0486. The zero-order chi connectivity index (χ0) is 22.0. The number of benzene rings is 2. The topological polar surface area (TPSA) is 0 Å². The second kappa shape index (κ2) is 17.7. The standard InChI is InChI=1S/C30H46I/c1-3-5-7-9-11-13-15-17-27-19-23-29(24-20-27)31-30-25-21-28(22-26-30)18-16-14-12-10-8-6-4-2/h19-26H,3-18H2,1-2H3/q-1. The summed E-state index contributed by atoms with van der Waals surface area (Å²) in [4.78, 5) is 0. The molecule has 2 rings (SSSR count). The predicted molar refractivity (Wildman–Crippen MR) is 134 cm³/mol. The van der Waals surface area contributed by atoms with Gasteiger partial charge in [0, 0.05) is 0 Å². The van der Waals surface area contributed by atoms with Gasteiger partial charge in [0.05, 0.1) is 0 Å². The summed E-state index contributed by atoms with van der Waals surface area (Å²) < 4.78 is 3.09. The molecule has 0 aromatic heterocycles. The second-order valence-electron chi connectivity index (χ2n) is 9.09. The van der Waals surface area contributed by atoms with E-state index in [-0.39, 0.29) is 21.2 Å². The Balaban J connectivity index is 1.61. The van der Waals surface area contributed by atoms with Gasteiger partial charge in [0.2, 0.25) is 0 Å². The van der Waals surface area contributed by atoms with Crippen molar-refractivity contribution in [3.8, 4) is 0 Å². The van der Waals surface area contributed by atoms with E-state index >= 15 is 0 Å². The molecule has 2 aromatic carbocycles. The Morgan fingerprint density at radius 3 is 1.10 bits per heavy atom. The van der Waals surface area contributed by atoms with E-state index < -0.39 is 0 Å². The number of halogens is 1. The molecule has 2 aromatic rings. The SMILES string of the molecule is CCCCCCCCCc1ccc([I-]c2ccc(CCCCCCCCC)cc2)cc1. The Morgan fingerprint density at radius 1 is 0.419 bits per heavy atom. The predicted octanol–water partition coefficient (Wildman–Crippen LogP) is 6.40. The molecule has 0 aliphatic rings. The van der Waals surface area contributed by atoms with E-state index in [2.05, 4.69) is 62.4 Å². The van der Waals surface area contributed by atoms with E-state index in [1.807, 2.05) is 0 Å². The summed E-state index contributed by atoms with van der Waals surface area (Å²) >= 11 is -0.0486. The molecule has 0 atom stereocenters. The summed E-state index contributed by atoms with van der Waals surface area (Å²) in [6.07, 6.45) is 22.0. The second-order valence-corrected chi connectivity index (χ2v) is 12.1. The molecule has 0 unspecified atom stereocenters. The molecule has 0 heterocycles. The van der Waals surface area contributed by atoms with Crippen molar-refractivity contribution < 1.29 is 21.2 Å². The van der Waals surface area contributed by atoms with Gasteiger partial charge in [0.15, 0.2) is 0 Å². The number of unbranched alkanes of at least 4 members (excludes halogenated alkanes) is 12. The quantitative estimate of drug-likeness (QED) is 0.154. The zero-order valence-corrected chi connectivity index (χ0v) is 22.5. The van der Waals surface area contributed by atoms with Gasteiger partial charge in [-0.15, -0.1) is 0 Å². The van der Waals surface area contributed by atoms with E-state index in [0.717, 1.165) is 0 Å². The summed E-state index contributed by atoms with van der Waals surface area (Å²) in [5.74, 6) is 0. The van der Waals surface area contributed by atoms with Crippen molar-refractivity contribution in [2.75, 3.05) is 0 Å². The van der Waals surface area contributed by atoms with Gasteiger partial charge in [0.1, 0.15) is 0 Å². The molecule has 174 valence electrons. The Hall–Kier alpha value is -0.830. The fourth-order valence-electron chi connectivity index (χ4n) is 4.13. The summed E-state index contributed by atoms with van der Waals surface area (Å²) in [5, 5.41) is 0. The van der Waals surface area contributed by atoms with Crippen molar-refractivity contribution in [3.05, 3.63) is 66.8 Å². The molecule has 0 saturated carbocycles. The van der Waals surface area contributed by atoms with Crippen molar-refractivity contribution >= 4 is 0 Å². The van der Waals surface area contributed by atoms with Gasteiger partial charge in [-0.2, -0.15) is 0 Å². The van der Waals surface area contributed by atoms with Crippen LogP contribution in [0, 0.1) is 7.14 Å². The van der Waals surface area contributed by atoms with Crippen LogP contribution in [-0.4, -0.2) is 0 Å². The molecule has 0 aliphatic carbocycles. The van der Waals surface area contributed by atoms with Crippen LogP contribution in [0.2, 0.25) is 0 Å². The maximum atomic E-state index is 2.39. The Morgan fingerprint density at radius 2 is 0.742 bits per heavy atom. The van der Waals surface area contributed by atoms with Crippen LogP contribution in [0.1, 0.15) is 115 Å². The molecular weight excluding hydrogens is 487 g/mol. The van der Waals surface area contributed by atoms with Gasteiger partial charge in [-0.3, -0.25) is 0 Å². The molecule has 0 amide bonds. The molecule has 1 heteroatoms. The van der Waals surface area contributed by atoms with Crippen LogP contribution in [0.3, 0.4) is 0 Å². The van der Waals surface area contributed by atoms with Crippen molar-refractivity contribution in [1.29, 1.82) is 0 Å². The molecule has 0 N–H and O–H groups in total.